The topological polar surface area (TPSA) is 56.8 Å². The number of nitrogens with one attached hydrogen (secondary N) is 1. The van der Waals surface area contributed by atoms with E-state index in [1.807, 2.05) is 45.0 Å². The molecular formula is C17H23NO4. The fourth-order valence-corrected chi connectivity index (χ4v) is 1.96. The first kappa shape index (κ1) is 16.2. The number of hydrogen-bond donors (Lipinski definition) is 1. The Morgan fingerprint density at radius 1 is 1.32 bits per heavy atom. The van der Waals surface area contributed by atoms with Gasteiger partial charge in [-0.15, -0.1) is 0 Å². The average molecular weight is 305 g/mol. The van der Waals surface area contributed by atoms with Gasteiger partial charge in [0, 0.05) is 6.54 Å². The summed E-state index contributed by atoms with van der Waals surface area (Å²) >= 11 is 0. The minimum atomic E-state index is -0.455. The lowest BCUT2D eigenvalue weighted by Crippen LogP contribution is -2.32. The van der Waals surface area contributed by atoms with Crippen LogP contribution in [0.15, 0.2) is 24.3 Å². The summed E-state index contributed by atoms with van der Waals surface area (Å²) in [6.07, 6.45) is 5.49. The van der Waals surface area contributed by atoms with E-state index in [1.54, 1.807) is 0 Å². The summed E-state index contributed by atoms with van der Waals surface area (Å²) in [5.74, 6) is 1.58. The van der Waals surface area contributed by atoms with Crippen LogP contribution >= 0.6 is 0 Å². The van der Waals surface area contributed by atoms with Gasteiger partial charge < -0.3 is 19.5 Å². The Balaban J connectivity index is 1.65. The Hall–Kier alpha value is -2.17. The summed E-state index contributed by atoms with van der Waals surface area (Å²) in [5, 5.41) is 2.74. The number of hydrogen-bond acceptors (Lipinski definition) is 4. The minimum Gasteiger partial charge on any atom is -0.454 e. The first-order valence-corrected chi connectivity index (χ1v) is 7.47. The number of amides is 1. The summed E-state index contributed by atoms with van der Waals surface area (Å²) in [7, 11) is 0. The molecule has 0 spiro atoms. The molecule has 2 rings (SSSR count). The van der Waals surface area contributed by atoms with E-state index in [0.717, 1.165) is 29.9 Å². The smallest absolute Gasteiger partial charge is 0.407 e. The molecule has 0 fully saturated rings. The van der Waals surface area contributed by atoms with Crippen molar-refractivity contribution in [3.63, 3.8) is 0 Å². The zero-order valence-corrected chi connectivity index (χ0v) is 13.3. The molecule has 22 heavy (non-hydrogen) atoms. The number of fused-ring (bicyclic) bond motifs is 1. The normalized spacial score (nSPS) is 13.4. The van der Waals surface area contributed by atoms with Crippen molar-refractivity contribution >= 4 is 12.2 Å². The Kier molecular flexibility index (Phi) is 5.31. The maximum absolute atomic E-state index is 11.4. The highest BCUT2D eigenvalue weighted by molar-refractivity contribution is 5.67. The highest BCUT2D eigenvalue weighted by Crippen LogP contribution is 2.32. The molecule has 1 aliphatic heterocycles. The van der Waals surface area contributed by atoms with Gasteiger partial charge in [0.25, 0.3) is 0 Å². The predicted octanol–water partition coefficient (Wildman–Crippen LogP) is 3.73. The van der Waals surface area contributed by atoms with Gasteiger partial charge in [0.2, 0.25) is 6.79 Å². The summed E-state index contributed by atoms with van der Waals surface area (Å²) in [6.45, 7) is 6.43. The molecule has 0 aliphatic carbocycles. The summed E-state index contributed by atoms with van der Waals surface area (Å²) in [4.78, 5) is 11.4. The third kappa shape index (κ3) is 5.31. The fourth-order valence-electron chi connectivity index (χ4n) is 1.96. The van der Waals surface area contributed by atoms with Crippen LogP contribution in [0.25, 0.3) is 6.08 Å². The van der Waals surface area contributed by atoms with Crippen LogP contribution in [0, 0.1) is 0 Å². The number of carbonyl (C=O) groups excluding carboxylic acids is 1. The van der Waals surface area contributed by atoms with Crippen LogP contribution in [0.4, 0.5) is 4.79 Å². The van der Waals surface area contributed by atoms with Gasteiger partial charge >= 0.3 is 6.09 Å². The summed E-state index contributed by atoms with van der Waals surface area (Å²) in [5.41, 5.74) is 0.618. The number of ether oxygens (including phenoxy) is 3. The molecule has 0 unspecified atom stereocenters. The molecule has 5 heteroatoms. The average Bonchev–Trinajstić information content (AvgIpc) is 2.88. The second-order valence-corrected chi connectivity index (χ2v) is 6.09. The van der Waals surface area contributed by atoms with E-state index in [2.05, 4.69) is 11.4 Å². The molecule has 1 aromatic carbocycles. The molecule has 1 aliphatic rings. The summed E-state index contributed by atoms with van der Waals surface area (Å²) < 4.78 is 15.8. The molecule has 0 bridgehead atoms. The van der Waals surface area contributed by atoms with Gasteiger partial charge in [0.1, 0.15) is 5.60 Å². The van der Waals surface area contributed by atoms with Gasteiger partial charge in [-0.1, -0.05) is 18.2 Å². The first-order chi connectivity index (χ1) is 10.4. The number of benzene rings is 1. The maximum Gasteiger partial charge on any atom is 0.407 e. The highest BCUT2D eigenvalue weighted by atomic mass is 16.7. The van der Waals surface area contributed by atoms with Crippen LogP contribution in [0.2, 0.25) is 0 Å². The quantitative estimate of drug-likeness (QED) is 0.842. The van der Waals surface area contributed by atoms with Gasteiger partial charge in [-0.25, -0.2) is 4.79 Å². The third-order valence-corrected chi connectivity index (χ3v) is 2.92. The Bertz CT molecular complexity index is 546. The summed E-state index contributed by atoms with van der Waals surface area (Å²) in [6, 6.07) is 5.85. The van der Waals surface area contributed by atoms with Gasteiger partial charge in [-0.3, -0.25) is 0 Å². The molecule has 1 N–H and O–H groups in total. The molecule has 120 valence electrons. The second kappa shape index (κ2) is 7.20. The van der Waals surface area contributed by atoms with E-state index < -0.39 is 5.60 Å². The molecule has 1 aromatic rings. The number of unbranched alkanes of at least 4 members (excludes halogenated alkanes) is 1. The van der Waals surface area contributed by atoms with Crippen LogP contribution in [0.5, 0.6) is 11.5 Å². The molecule has 0 aromatic heterocycles. The third-order valence-electron chi connectivity index (χ3n) is 2.92. The molecule has 0 atom stereocenters. The molecule has 5 nitrogen and oxygen atoms in total. The van der Waals surface area contributed by atoms with E-state index >= 15 is 0 Å². The standard InChI is InChI=1S/C17H23NO4/c1-17(2,3)22-16(19)18-10-6-4-5-7-13-8-9-14-15(11-13)21-12-20-14/h5,7-9,11H,4,6,10,12H2,1-3H3,(H,18,19)/b7-5+. The van der Waals surface area contributed by atoms with Crippen molar-refractivity contribution in [3.05, 3.63) is 29.8 Å². The Morgan fingerprint density at radius 2 is 2.09 bits per heavy atom. The maximum atomic E-state index is 11.4. The van der Waals surface area contributed by atoms with Crippen molar-refractivity contribution in [3.8, 4) is 11.5 Å². The number of allylic oxidation sites excluding steroid dienone is 1. The van der Waals surface area contributed by atoms with Crippen LogP contribution < -0.4 is 14.8 Å². The minimum absolute atomic E-state index is 0.291. The first-order valence-electron chi connectivity index (χ1n) is 7.47. The van der Waals surface area contributed by atoms with Crippen molar-refractivity contribution in [2.75, 3.05) is 13.3 Å². The van der Waals surface area contributed by atoms with E-state index in [4.69, 9.17) is 14.2 Å². The molecule has 0 saturated heterocycles. The zero-order valence-electron chi connectivity index (χ0n) is 13.3. The van der Waals surface area contributed by atoms with Gasteiger partial charge in [-0.05, 0) is 51.3 Å². The lowest BCUT2D eigenvalue weighted by atomic mass is 10.1. The van der Waals surface area contributed by atoms with Gasteiger partial charge in [-0.2, -0.15) is 0 Å². The van der Waals surface area contributed by atoms with E-state index in [1.165, 1.54) is 0 Å². The van der Waals surface area contributed by atoms with Crippen molar-refractivity contribution in [2.45, 2.75) is 39.2 Å². The zero-order chi connectivity index (χ0) is 16.0. The monoisotopic (exact) mass is 305 g/mol. The van der Waals surface area contributed by atoms with Crippen LogP contribution in [-0.2, 0) is 4.74 Å². The molecule has 0 radical (unpaired) electrons. The molecule has 1 heterocycles. The van der Waals surface area contributed by atoms with Crippen LogP contribution in [0.1, 0.15) is 39.2 Å². The lowest BCUT2D eigenvalue weighted by Gasteiger charge is -2.19. The van der Waals surface area contributed by atoms with Gasteiger partial charge in [0.15, 0.2) is 11.5 Å². The van der Waals surface area contributed by atoms with E-state index in [-0.39, 0.29) is 6.09 Å². The van der Waals surface area contributed by atoms with Crippen LogP contribution in [0.3, 0.4) is 0 Å². The molecule has 0 saturated carbocycles. The van der Waals surface area contributed by atoms with Crippen LogP contribution in [-0.4, -0.2) is 25.0 Å². The molecule has 1 amide bonds. The number of carbonyl (C=O) groups is 1. The SMILES string of the molecule is CC(C)(C)OC(=O)NCCC/C=C/c1ccc2c(c1)OCO2. The number of alkyl carbamates (subject to hydrolysis) is 1. The van der Waals surface area contributed by atoms with Gasteiger partial charge in [0.05, 0.1) is 0 Å². The lowest BCUT2D eigenvalue weighted by molar-refractivity contribution is 0.0527. The Labute approximate surface area is 131 Å². The Morgan fingerprint density at radius 3 is 2.86 bits per heavy atom. The highest BCUT2D eigenvalue weighted by Gasteiger charge is 2.15. The van der Waals surface area contributed by atoms with E-state index in [9.17, 15) is 4.79 Å². The predicted molar refractivity (Wildman–Crippen MR) is 85.1 cm³/mol. The van der Waals surface area contributed by atoms with Crippen molar-refractivity contribution in [1.29, 1.82) is 0 Å². The van der Waals surface area contributed by atoms with Crippen molar-refractivity contribution in [2.24, 2.45) is 0 Å². The number of rotatable bonds is 5. The molecular weight excluding hydrogens is 282 g/mol. The van der Waals surface area contributed by atoms with Crippen molar-refractivity contribution < 1.29 is 19.0 Å². The fraction of sp³-hybridized carbons (Fsp3) is 0.471. The van der Waals surface area contributed by atoms with E-state index in [0.29, 0.717) is 13.3 Å². The second-order valence-electron chi connectivity index (χ2n) is 6.09. The van der Waals surface area contributed by atoms with Crippen molar-refractivity contribution in [1.82, 2.24) is 5.32 Å². The largest absolute Gasteiger partial charge is 0.454 e.